The number of carboxylic acid groups (broad SMARTS) is 2. The molecular weight excluding hydrogens is 382 g/mol. The third-order valence-corrected chi connectivity index (χ3v) is 4.45. The zero-order valence-corrected chi connectivity index (χ0v) is 15.2. The Balaban J connectivity index is 2.25. The molecule has 1 heterocycles. The van der Waals surface area contributed by atoms with E-state index in [4.69, 9.17) is 21.7 Å². The standard InChI is InChI=1S/C16H15NO7S2/c1-2-23-11-5-9(3-4-10(11)24-8-14(20)21)6-12-15(22)17(7-13(18)19)16(25)26-12/h3-6H,2,7-8H2,1H3,(H,18,19)(H,20,21)/p-2/b12-6-. The highest BCUT2D eigenvalue weighted by molar-refractivity contribution is 8.26. The number of ether oxygens (including phenoxy) is 2. The number of benzene rings is 1. The van der Waals surface area contributed by atoms with Gasteiger partial charge >= 0.3 is 0 Å². The van der Waals surface area contributed by atoms with Crippen LogP contribution in [0.2, 0.25) is 0 Å². The molecule has 0 bridgehead atoms. The molecule has 0 radical (unpaired) electrons. The zero-order valence-electron chi connectivity index (χ0n) is 13.6. The van der Waals surface area contributed by atoms with Crippen LogP contribution in [0.15, 0.2) is 23.1 Å². The first kappa shape index (κ1) is 19.7. The molecule has 2 rings (SSSR count). The first-order valence-corrected chi connectivity index (χ1v) is 8.59. The minimum Gasteiger partial charge on any atom is -0.548 e. The normalized spacial score (nSPS) is 15.4. The highest BCUT2D eigenvalue weighted by Gasteiger charge is 2.31. The summed E-state index contributed by atoms with van der Waals surface area (Å²) in [7, 11) is 0. The lowest BCUT2D eigenvalue weighted by Crippen LogP contribution is -2.40. The Bertz CT molecular complexity index is 791. The molecule has 1 aliphatic heterocycles. The number of amides is 1. The Labute approximate surface area is 158 Å². The van der Waals surface area contributed by atoms with Crippen LogP contribution in [-0.4, -0.2) is 46.8 Å². The summed E-state index contributed by atoms with van der Waals surface area (Å²) < 4.78 is 10.6. The van der Waals surface area contributed by atoms with E-state index in [1.165, 1.54) is 12.1 Å². The molecule has 0 spiro atoms. The first-order valence-electron chi connectivity index (χ1n) is 7.36. The lowest BCUT2D eigenvalue weighted by Gasteiger charge is -2.14. The van der Waals surface area contributed by atoms with Gasteiger partial charge in [0.15, 0.2) is 11.5 Å². The van der Waals surface area contributed by atoms with Gasteiger partial charge in [0.05, 0.1) is 30.0 Å². The van der Waals surface area contributed by atoms with Crippen molar-refractivity contribution in [1.29, 1.82) is 0 Å². The molecule has 1 aromatic carbocycles. The first-order chi connectivity index (χ1) is 12.3. The predicted octanol–water partition coefficient (Wildman–Crippen LogP) is -0.835. The smallest absolute Gasteiger partial charge is 0.266 e. The molecule has 0 saturated carbocycles. The number of hydrogen-bond acceptors (Lipinski definition) is 9. The molecule has 0 N–H and O–H groups in total. The average molecular weight is 395 g/mol. The van der Waals surface area contributed by atoms with Crippen molar-refractivity contribution in [3.8, 4) is 11.5 Å². The van der Waals surface area contributed by atoms with Gasteiger partial charge in [-0.05, 0) is 30.7 Å². The number of hydrogen-bond donors (Lipinski definition) is 0. The number of rotatable bonds is 8. The number of thioether (sulfide) groups is 1. The summed E-state index contributed by atoms with van der Waals surface area (Å²) in [5.41, 5.74) is 0.572. The molecule has 26 heavy (non-hydrogen) atoms. The maximum atomic E-state index is 12.2. The third-order valence-electron chi connectivity index (χ3n) is 3.07. The van der Waals surface area contributed by atoms with Gasteiger partial charge in [-0.2, -0.15) is 0 Å². The fourth-order valence-corrected chi connectivity index (χ4v) is 3.31. The van der Waals surface area contributed by atoms with Gasteiger partial charge in [0.25, 0.3) is 5.91 Å². The van der Waals surface area contributed by atoms with Crippen LogP contribution in [0.25, 0.3) is 6.08 Å². The topological polar surface area (TPSA) is 119 Å². The van der Waals surface area contributed by atoms with Gasteiger partial charge in [-0.15, -0.1) is 0 Å². The molecule has 1 amide bonds. The van der Waals surface area contributed by atoms with E-state index in [9.17, 15) is 24.6 Å². The highest BCUT2D eigenvalue weighted by Crippen LogP contribution is 2.34. The van der Waals surface area contributed by atoms with Crippen molar-refractivity contribution in [3.63, 3.8) is 0 Å². The van der Waals surface area contributed by atoms with Crippen LogP contribution < -0.4 is 19.7 Å². The second-order valence-electron chi connectivity index (χ2n) is 4.94. The molecule has 0 aliphatic carbocycles. The van der Waals surface area contributed by atoms with E-state index in [-0.39, 0.29) is 15.0 Å². The van der Waals surface area contributed by atoms with Crippen molar-refractivity contribution in [2.45, 2.75) is 6.92 Å². The van der Waals surface area contributed by atoms with Crippen LogP contribution in [0.5, 0.6) is 11.5 Å². The molecule has 1 saturated heterocycles. The van der Waals surface area contributed by atoms with E-state index < -0.39 is 31.0 Å². The van der Waals surface area contributed by atoms with Gasteiger partial charge < -0.3 is 29.3 Å². The summed E-state index contributed by atoms with van der Waals surface area (Å²) in [5, 5.41) is 21.2. The minimum atomic E-state index is -1.41. The van der Waals surface area contributed by atoms with Crippen molar-refractivity contribution in [1.82, 2.24) is 4.90 Å². The van der Waals surface area contributed by atoms with Crippen molar-refractivity contribution in [3.05, 3.63) is 28.7 Å². The van der Waals surface area contributed by atoms with Crippen LogP contribution in [0.3, 0.4) is 0 Å². The Morgan fingerprint density at radius 3 is 2.58 bits per heavy atom. The quantitative estimate of drug-likeness (QED) is 0.410. The number of carbonyl (C=O) groups is 3. The number of aliphatic carboxylic acids is 2. The fraction of sp³-hybridized carbons (Fsp3) is 0.250. The van der Waals surface area contributed by atoms with Crippen molar-refractivity contribution < 1.29 is 34.1 Å². The van der Waals surface area contributed by atoms with Gasteiger partial charge in [-0.1, -0.05) is 30.0 Å². The van der Waals surface area contributed by atoms with Gasteiger partial charge in [-0.3, -0.25) is 9.69 Å². The minimum absolute atomic E-state index is 0.129. The van der Waals surface area contributed by atoms with E-state index in [0.29, 0.717) is 17.9 Å². The van der Waals surface area contributed by atoms with Crippen molar-refractivity contribution >= 4 is 52.2 Å². The maximum Gasteiger partial charge on any atom is 0.266 e. The van der Waals surface area contributed by atoms with E-state index in [1.807, 2.05) is 0 Å². The molecule has 8 nitrogen and oxygen atoms in total. The van der Waals surface area contributed by atoms with Crippen LogP contribution in [0.1, 0.15) is 12.5 Å². The Hall–Kier alpha value is -2.59. The Kier molecular flexibility index (Phi) is 6.58. The Morgan fingerprint density at radius 2 is 1.96 bits per heavy atom. The number of carboxylic acids is 2. The molecule has 1 fully saturated rings. The lowest BCUT2D eigenvalue weighted by molar-refractivity contribution is -0.308. The maximum absolute atomic E-state index is 12.2. The zero-order chi connectivity index (χ0) is 19.3. The van der Waals surface area contributed by atoms with E-state index in [0.717, 1.165) is 16.7 Å². The molecule has 1 aromatic rings. The molecule has 0 aromatic heterocycles. The van der Waals surface area contributed by atoms with E-state index >= 15 is 0 Å². The largest absolute Gasteiger partial charge is 0.548 e. The van der Waals surface area contributed by atoms with E-state index in [1.54, 1.807) is 19.1 Å². The summed E-state index contributed by atoms with van der Waals surface area (Å²) in [6.45, 7) is 0.836. The third kappa shape index (κ3) is 4.96. The van der Waals surface area contributed by atoms with Gasteiger partial charge in [0.1, 0.15) is 10.9 Å². The fourth-order valence-electron chi connectivity index (χ4n) is 2.06. The van der Waals surface area contributed by atoms with Crippen LogP contribution in [0, 0.1) is 0 Å². The summed E-state index contributed by atoms with van der Waals surface area (Å²) in [5.74, 6) is -2.78. The van der Waals surface area contributed by atoms with Crippen molar-refractivity contribution in [2.24, 2.45) is 0 Å². The van der Waals surface area contributed by atoms with Crippen LogP contribution in [0.4, 0.5) is 0 Å². The number of nitrogens with zero attached hydrogens (tertiary/aromatic N) is 1. The summed E-state index contributed by atoms with van der Waals surface area (Å²) in [4.78, 5) is 34.7. The van der Waals surface area contributed by atoms with Gasteiger partial charge in [-0.25, -0.2) is 0 Å². The molecule has 0 atom stereocenters. The van der Waals surface area contributed by atoms with Crippen LogP contribution >= 0.6 is 24.0 Å². The molecule has 1 aliphatic rings. The molecular formula is C16H13NO7S2-2. The monoisotopic (exact) mass is 395 g/mol. The van der Waals surface area contributed by atoms with Crippen molar-refractivity contribution in [2.75, 3.05) is 19.8 Å². The SMILES string of the molecule is CCOc1cc(/C=C2\SC(=S)N(CC(=O)[O-])C2=O)ccc1OCC(=O)[O-]. The average Bonchev–Trinajstić information content (AvgIpc) is 2.81. The predicted molar refractivity (Wildman–Crippen MR) is 93.0 cm³/mol. The molecule has 10 heteroatoms. The number of thiocarbonyl (C=S) groups is 1. The van der Waals surface area contributed by atoms with Gasteiger partial charge in [0, 0.05) is 0 Å². The lowest BCUT2D eigenvalue weighted by atomic mass is 10.2. The highest BCUT2D eigenvalue weighted by atomic mass is 32.2. The van der Waals surface area contributed by atoms with Gasteiger partial charge in [0.2, 0.25) is 0 Å². The molecule has 0 unspecified atom stereocenters. The van der Waals surface area contributed by atoms with Crippen LogP contribution in [-0.2, 0) is 14.4 Å². The second-order valence-corrected chi connectivity index (χ2v) is 6.62. The number of carbonyl (C=O) groups excluding carboxylic acids is 3. The summed E-state index contributed by atoms with van der Waals surface area (Å²) in [6.07, 6.45) is 1.53. The summed E-state index contributed by atoms with van der Waals surface area (Å²) in [6, 6.07) is 4.67. The summed E-state index contributed by atoms with van der Waals surface area (Å²) >= 11 is 5.98. The second kappa shape index (κ2) is 8.68. The van der Waals surface area contributed by atoms with E-state index in [2.05, 4.69) is 0 Å². The Morgan fingerprint density at radius 1 is 1.23 bits per heavy atom. The molecule has 138 valence electrons.